The van der Waals surface area contributed by atoms with Crippen molar-refractivity contribution in [2.75, 3.05) is 26.3 Å². The maximum atomic E-state index is 14.3. The Morgan fingerprint density at radius 2 is 1.95 bits per heavy atom. The van der Waals surface area contributed by atoms with Crippen molar-refractivity contribution in [1.29, 1.82) is 0 Å². The Morgan fingerprint density at radius 3 is 2.60 bits per heavy atom. The first-order valence-corrected chi connectivity index (χ1v) is 13.6. The molecule has 5 heterocycles. The van der Waals surface area contributed by atoms with E-state index in [1.165, 1.54) is 16.8 Å². The number of ether oxygens (including phenoxy) is 1. The van der Waals surface area contributed by atoms with Crippen molar-refractivity contribution in [2.24, 2.45) is 13.0 Å². The number of benzene rings is 1. The molecule has 2 aliphatic heterocycles. The number of alkyl halides is 3. The smallest absolute Gasteiger partial charge is 0.379 e. The van der Waals surface area contributed by atoms with Gasteiger partial charge >= 0.3 is 11.9 Å². The van der Waals surface area contributed by atoms with Crippen molar-refractivity contribution < 1.29 is 17.9 Å². The number of piperidine rings is 1. The Labute approximate surface area is 230 Å². The van der Waals surface area contributed by atoms with E-state index in [0.29, 0.717) is 43.3 Å². The topological polar surface area (TPSA) is 69.6 Å². The van der Waals surface area contributed by atoms with Gasteiger partial charge < -0.3 is 9.30 Å². The lowest BCUT2D eigenvalue weighted by atomic mass is 9.75. The first-order chi connectivity index (χ1) is 19.0. The van der Waals surface area contributed by atoms with Gasteiger partial charge in [-0.2, -0.15) is 13.2 Å². The minimum Gasteiger partial charge on any atom is -0.379 e. The predicted octanol–water partition coefficient (Wildman–Crippen LogP) is 4.29. The van der Waals surface area contributed by atoms with Gasteiger partial charge in [0.25, 0.3) is 0 Å². The fourth-order valence-electron chi connectivity index (χ4n) is 6.13. The van der Waals surface area contributed by atoms with Crippen LogP contribution in [0.5, 0.6) is 0 Å². The van der Waals surface area contributed by atoms with Crippen LogP contribution in [0.1, 0.15) is 47.8 Å². The zero-order chi connectivity index (χ0) is 28.2. The second-order valence-electron chi connectivity index (χ2n) is 11.6. The number of hydrogen-bond acceptors (Lipinski definition) is 5. The molecule has 3 aromatic heterocycles. The van der Waals surface area contributed by atoms with E-state index < -0.39 is 17.4 Å². The zero-order valence-electron chi connectivity index (χ0n) is 22.9. The molecule has 0 unspecified atom stereocenters. The molecule has 0 radical (unpaired) electrons. The van der Waals surface area contributed by atoms with Gasteiger partial charge in [-0.05, 0) is 67.1 Å². The number of nitrogens with zero attached hydrogens (tertiary/aromatic N) is 6. The molecule has 2 fully saturated rings. The van der Waals surface area contributed by atoms with E-state index in [-0.39, 0.29) is 10.9 Å². The van der Waals surface area contributed by atoms with Crippen molar-refractivity contribution in [2.45, 2.75) is 51.2 Å². The van der Waals surface area contributed by atoms with Crippen LogP contribution in [-0.2, 0) is 36.3 Å². The monoisotopic (exact) mass is 554 g/mol. The van der Waals surface area contributed by atoms with Crippen LogP contribution in [-0.4, -0.2) is 54.9 Å². The van der Waals surface area contributed by atoms with E-state index >= 15 is 0 Å². The summed E-state index contributed by atoms with van der Waals surface area (Å²) >= 11 is 0. The largest absolute Gasteiger partial charge is 0.418 e. The molecular weight excluding hydrogens is 521 g/mol. The van der Waals surface area contributed by atoms with E-state index in [1.54, 1.807) is 12.5 Å². The van der Waals surface area contributed by atoms with Crippen LogP contribution in [0.15, 0.2) is 47.8 Å². The van der Waals surface area contributed by atoms with Crippen LogP contribution in [0.3, 0.4) is 0 Å². The Balaban J connectivity index is 1.43. The van der Waals surface area contributed by atoms with Crippen LogP contribution in [0.2, 0.25) is 0 Å². The molecule has 11 heteroatoms. The van der Waals surface area contributed by atoms with Crippen LogP contribution in [0.4, 0.5) is 13.2 Å². The highest BCUT2D eigenvalue weighted by atomic mass is 19.4. The third kappa shape index (κ3) is 4.85. The predicted molar refractivity (Wildman–Crippen MR) is 144 cm³/mol. The molecule has 0 saturated carbocycles. The molecule has 0 bridgehead atoms. The fourth-order valence-corrected chi connectivity index (χ4v) is 6.13. The lowest BCUT2D eigenvalue weighted by Gasteiger charge is -2.42. The Hall–Kier alpha value is -3.44. The van der Waals surface area contributed by atoms with Gasteiger partial charge in [-0.25, -0.2) is 4.79 Å². The van der Waals surface area contributed by atoms with Crippen molar-refractivity contribution >= 4 is 5.52 Å². The quantitative estimate of drug-likeness (QED) is 0.356. The highest BCUT2D eigenvalue weighted by molar-refractivity contribution is 5.58. The third-order valence-corrected chi connectivity index (χ3v) is 8.29. The first-order valence-electron chi connectivity index (χ1n) is 13.6. The summed E-state index contributed by atoms with van der Waals surface area (Å²) in [5, 5.41) is 8.21. The Kier molecular flexibility index (Phi) is 6.61. The van der Waals surface area contributed by atoms with Crippen LogP contribution in [0, 0.1) is 12.8 Å². The van der Waals surface area contributed by atoms with Crippen molar-refractivity contribution in [3.8, 4) is 5.69 Å². The van der Waals surface area contributed by atoms with Crippen molar-refractivity contribution in [3.63, 3.8) is 0 Å². The molecule has 0 spiro atoms. The van der Waals surface area contributed by atoms with Crippen molar-refractivity contribution in [1.82, 2.24) is 28.6 Å². The number of fused-ring (bicyclic) bond motifs is 1. The van der Waals surface area contributed by atoms with E-state index in [1.807, 2.05) is 36.7 Å². The van der Waals surface area contributed by atoms with Gasteiger partial charge in [0.1, 0.15) is 12.2 Å². The lowest BCUT2D eigenvalue weighted by Crippen LogP contribution is -2.49. The summed E-state index contributed by atoms with van der Waals surface area (Å²) < 4.78 is 52.8. The number of rotatable bonds is 6. The molecule has 0 N–H and O–H groups in total. The van der Waals surface area contributed by atoms with E-state index in [4.69, 9.17) is 4.74 Å². The van der Waals surface area contributed by atoms with Gasteiger partial charge in [-0.15, -0.1) is 10.2 Å². The summed E-state index contributed by atoms with van der Waals surface area (Å²) in [4.78, 5) is 15.8. The minimum absolute atomic E-state index is 0.155. The molecule has 0 amide bonds. The average Bonchev–Trinajstić information content (AvgIpc) is 3.42. The summed E-state index contributed by atoms with van der Waals surface area (Å²) in [6.07, 6.45) is 2.65. The standard InChI is InChI=1S/C29H33F3N6O2/c1-19-5-4-6-36(12-19)13-21-9-24(29(30,31)32)25-15-37(27(39)38(25)14-21)23-8-20(2)7-22(10-23)28(16-40-17-28)11-26-34-33-18-35(26)3/h7-10,14-15,18-19H,4-6,11-13,16-17H2,1-3H3/t19-/m0/s1. The molecule has 2 aliphatic rings. The maximum absolute atomic E-state index is 14.3. The number of halogens is 3. The number of likely N-dealkylation sites (tertiary alicyclic amines) is 1. The maximum Gasteiger partial charge on any atom is 0.418 e. The number of aromatic nitrogens is 5. The van der Waals surface area contributed by atoms with Crippen molar-refractivity contribution in [3.05, 3.63) is 81.5 Å². The molecule has 1 aromatic carbocycles. The summed E-state index contributed by atoms with van der Waals surface area (Å²) in [5.41, 5.74) is 1.01. The van der Waals surface area contributed by atoms with Crippen LogP contribution in [0.25, 0.3) is 11.2 Å². The normalized spacial score (nSPS) is 19.7. The van der Waals surface area contributed by atoms with Gasteiger partial charge in [0.15, 0.2) is 0 Å². The summed E-state index contributed by atoms with van der Waals surface area (Å²) in [6, 6.07) is 6.95. The molecule has 4 aromatic rings. The van der Waals surface area contributed by atoms with Gasteiger partial charge in [-0.1, -0.05) is 13.0 Å². The van der Waals surface area contributed by atoms with Gasteiger partial charge in [0.05, 0.1) is 30.0 Å². The number of aryl methyl sites for hydroxylation is 2. The molecule has 0 aliphatic carbocycles. The second-order valence-corrected chi connectivity index (χ2v) is 11.6. The molecule has 6 rings (SSSR count). The fraction of sp³-hybridized carbons (Fsp3) is 0.483. The third-order valence-electron chi connectivity index (χ3n) is 8.29. The average molecular weight is 555 g/mol. The van der Waals surface area contributed by atoms with E-state index in [2.05, 4.69) is 22.0 Å². The lowest BCUT2D eigenvalue weighted by molar-refractivity contribution is -0.136. The van der Waals surface area contributed by atoms with Gasteiger partial charge in [0, 0.05) is 44.4 Å². The van der Waals surface area contributed by atoms with Gasteiger partial charge in [0.2, 0.25) is 0 Å². The van der Waals surface area contributed by atoms with E-state index in [9.17, 15) is 18.0 Å². The number of imidazole rings is 1. The first kappa shape index (κ1) is 26.8. The number of pyridine rings is 1. The minimum atomic E-state index is -4.60. The zero-order valence-corrected chi connectivity index (χ0v) is 22.9. The highest BCUT2D eigenvalue weighted by Gasteiger charge is 2.42. The Morgan fingerprint density at radius 1 is 1.15 bits per heavy atom. The number of hydrogen-bond donors (Lipinski definition) is 0. The SMILES string of the molecule is Cc1cc(-n2cc3c(C(F)(F)F)cc(CN4CCC[C@H](C)C4)cn3c2=O)cc(C2(Cc3nncn3C)COC2)c1. The summed E-state index contributed by atoms with van der Waals surface area (Å²) in [7, 11) is 1.88. The van der Waals surface area contributed by atoms with Gasteiger partial charge in [-0.3, -0.25) is 13.9 Å². The van der Waals surface area contributed by atoms with E-state index in [0.717, 1.165) is 47.3 Å². The molecule has 40 heavy (non-hydrogen) atoms. The summed E-state index contributed by atoms with van der Waals surface area (Å²) in [5.74, 6) is 1.31. The Bertz CT molecular complexity index is 1610. The molecule has 8 nitrogen and oxygen atoms in total. The highest BCUT2D eigenvalue weighted by Crippen LogP contribution is 2.38. The molecule has 2 saturated heterocycles. The summed E-state index contributed by atoms with van der Waals surface area (Å²) in [6.45, 7) is 7.08. The van der Waals surface area contributed by atoms with Crippen LogP contribution < -0.4 is 5.69 Å². The molecule has 212 valence electrons. The van der Waals surface area contributed by atoms with Crippen LogP contribution >= 0.6 is 0 Å². The molecular formula is C29H33F3N6O2. The molecule has 1 atom stereocenters. The second kappa shape index (κ2) is 9.88.